The van der Waals surface area contributed by atoms with Gasteiger partial charge in [0.2, 0.25) is 0 Å². The van der Waals surface area contributed by atoms with Crippen LogP contribution in [0.25, 0.3) is 11.1 Å². The highest BCUT2D eigenvalue weighted by atomic mass is 15.1. The van der Waals surface area contributed by atoms with E-state index in [9.17, 15) is 0 Å². The van der Waals surface area contributed by atoms with E-state index in [-0.39, 0.29) is 0 Å². The van der Waals surface area contributed by atoms with Crippen LogP contribution in [-0.4, -0.2) is 7.05 Å². The number of anilines is 1. The lowest BCUT2D eigenvalue weighted by molar-refractivity contribution is 0.909. The molecule has 1 heterocycles. The van der Waals surface area contributed by atoms with Gasteiger partial charge >= 0.3 is 0 Å². The molecule has 3 rings (SSSR count). The first-order valence-electron chi connectivity index (χ1n) is 5.66. The van der Waals surface area contributed by atoms with Crippen LogP contribution in [0.1, 0.15) is 11.1 Å². The maximum atomic E-state index is 2.32. The van der Waals surface area contributed by atoms with Crippen LogP contribution in [0.3, 0.4) is 0 Å². The van der Waals surface area contributed by atoms with E-state index in [1.54, 1.807) is 0 Å². The van der Waals surface area contributed by atoms with Gasteiger partial charge in [-0.15, -0.1) is 0 Å². The van der Waals surface area contributed by atoms with E-state index in [0.29, 0.717) is 0 Å². The lowest BCUT2D eigenvalue weighted by atomic mass is 9.92. The standard InChI is InChI=1S/C15H15N/c1-11-7-8-13-12(9-11)10-16(2)15-6-4-3-5-14(13)15/h3-9H,10H2,1-2H3. The molecule has 0 aromatic heterocycles. The summed E-state index contributed by atoms with van der Waals surface area (Å²) in [6, 6.07) is 15.4. The molecule has 0 bridgehead atoms. The number of nitrogens with zero attached hydrogens (tertiary/aromatic N) is 1. The summed E-state index contributed by atoms with van der Waals surface area (Å²) in [5.41, 5.74) is 6.84. The Morgan fingerprint density at radius 3 is 2.69 bits per heavy atom. The molecule has 1 aliphatic heterocycles. The molecule has 16 heavy (non-hydrogen) atoms. The molecule has 1 aliphatic rings. The molecule has 0 saturated heterocycles. The summed E-state index contributed by atoms with van der Waals surface area (Å²) in [6.45, 7) is 3.16. The molecule has 2 aromatic rings. The highest BCUT2D eigenvalue weighted by molar-refractivity contribution is 5.83. The van der Waals surface area contributed by atoms with E-state index in [4.69, 9.17) is 0 Å². The van der Waals surface area contributed by atoms with E-state index >= 15 is 0 Å². The van der Waals surface area contributed by atoms with Gasteiger partial charge in [0, 0.05) is 24.8 Å². The fourth-order valence-electron chi connectivity index (χ4n) is 2.49. The number of aryl methyl sites for hydroxylation is 1. The van der Waals surface area contributed by atoms with Gasteiger partial charge in [0.1, 0.15) is 0 Å². The molecule has 0 fully saturated rings. The van der Waals surface area contributed by atoms with E-state index in [1.165, 1.54) is 27.9 Å². The van der Waals surface area contributed by atoms with Crippen LogP contribution in [0.2, 0.25) is 0 Å². The van der Waals surface area contributed by atoms with Crippen LogP contribution in [0.15, 0.2) is 42.5 Å². The van der Waals surface area contributed by atoms with Gasteiger partial charge in [-0.2, -0.15) is 0 Å². The zero-order valence-electron chi connectivity index (χ0n) is 9.70. The van der Waals surface area contributed by atoms with Crippen molar-refractivity contribution in [3.63, 3.8) is 0 Å². The SMILES string of the molecule is Cc1ccc2c(c1)CN(C)c1ccccc1-2. The molecule has 0 radical (unpaired) electrons. The molecule has 80 valence electrons. The van der Waals surface area contributed by atoms with Gasteiger partial charge in [-0.1, -0.05) is 42.0 Å². The molecule has 0 N–H and O–H groups in total. The molecule has 1 nitrogen and oxygen atoms in total. The van der Waals surface area contributed by atoms with Crippen molar-refractivity contribution in [2.45, 2.75) is 13.5 Å². The Morgan fingerprint density at radius 1 is 1.00 bits per heavy atom. The molecule has 0 unspecified atom stereocenters. The minimum Gasteiger partial charge on any atom is -0.370 e. The number of para-hydroxylation sites is 1. The van der Waals surface area contributed by atoms with Crippen LogP contribution < -0.4 is 4.90 Å². The van der Waals surface area contributed by atoms with E-state index in [0.717, 1.165) is 6.54 Å². The second-order valence-electron chi connectivity index (χ2n) is 4.53. The van der Waals surface area contributed by atoms with Gasteiger partial charge in [-0.25, -0.2) is 0 Å². The topological polar surface area (TPSA) is 3.24 Å². The van der Waals surface area contributed by atoms with E-state index in [2.05, 4.69) is 61.3 Å². The van der Waals surface area contributed by atoms with Crippen molar-refractivity contribution in [1.82, 2.24) is 0 Å². The fourth-order valence-corrected chi connectivity index (χ4v) is 2.49. The zero-order valence-corrected chi connectivity index (χ0v) is 9.70. The lowest BCUT2D eigenvalue weighted by Gasteiger charge is -2.29. The van der Waals surface area contributed by atoms with Crippen molar-refractivity contribution in [3.8, 4) is 11.1 Å². The van der Waals surface area contributed by atoms with Crippen LogP contribution in [0, 0.1) is 6.92 Å². The Balaban J connectivity index is 2.27. The van der Waals surface area contributed by atoms with Crippen molar-refractivity contribution in [3.05, 3.63) is 53.6 Å². The summed E-state index contributed by atoms with van der Waals surface area (Å²) < 4.78 is 0. The summed E-state index contributed by atoms with van der Waals surface area (Å²) in [6.07, 6.45) is 0. The molecule has 0 spiro atoms. The molecular formula is C15H15N. The molecule has 0 atom stereocenters. The van der Waals surface area contributed by atoms with Crippen LogP contribution in [0.5, 0.6) is 0 Å². The molecule has 0 amide bonds. The largest absolute Gasteiger partial charge is 0.370 e. The van der Waals surface area contributed by atoms with Gasteiger partial charge in [0.05, 0.1) is 0 Å². The first-order valence-corrected chi connectivity index (χ1v) is 5.66. The third-order valence-electron chi connectivity index (χ3n) is 3.27. The minimum absolute atomic E-state index is 1.01. The fraction of sp³-hybridized carbons (Fsp3) is 0.200. The smallest absolute Gasteiger partial charge is 0.0446 e. The van der Waals surface area contributed by atoms with Crippen molar-refractivity contribution < 1.29 is 0 Å². The maximum absolute atomic E-state index is 2.32. The number of hydrogen-bond donors (Lipinski definition) is 0. The van der Waals surface area contributed by atoms with Crippen molar-refractivity contribution in [2.24, 2.45) is 0 Å². The average molecular weight is 209 g/mol. The summed E-state index contributed by atoms with van der Waals surface area (Å²) >= 11 is 0. The quantitative estimate of drug-likeness (QED) is 0.640. The van der Waals surface area contributed by atoms with Crippen LogP contribution >= 0.6 is 0 Å². The van der Waals surface area contributed by atoms with Crippen LogP contribution in [0.4, 0.5) is 5.69 Å². The van der Waals surface area contributed by atoms with Gasteiger partial charge in [0.15, 0.2) is 0 Å². The van der Waals surface area contributed by atoms with Crippen LogP contribution in [-0.2, 0) is 6.54 Å². The predicted octanol–water partition coefficient (Wildman–Crippen LogP) is 3.61. The third-order valence-corrected chi connectivity index (χ3v) is 3.27. The van der Waals surface area contributed by atoms with Gasteiger partial charge in [-0.3, -0.25) is 0 Å². The second kappa shape index (κ2) is 3.38. The monoisotopic (exact) mass is 209 g/mol. The molecular weight excluding hydrogens is 194 g/mol. The Kier molecular flexibility index (Phi) is 2.00. The van der Waals surface area contributed by atoms with Gasteiger partial charge in [0.25, 0.3) is 0 Å². The summed E-state index contributed by atoms with van der Waals surface area (Å²) in [5, 5.41) is 0. The minimum atomic E-state index is 1.01. The third kappa shape index (κ3) is 1.32. The van der Waals surface area contributed by atoms with Gasteiger partial charge in [-0.05, 0) is 24.1 Å². The Labute approximate surface area is 96.3 Å². The lowest BCUT2D eigenvalue weighted by Crippen LogP contribution is -2.21. The Hall–Kier alpha value is -1.76. The molecule has 0 aliphatic carbocycles. The second-order valence-corrected chi connectivity index (χ2v) is 4.53. The van der Waals surface area contributed by atoms with Crippen molar-refractivity contribution >= 4 is 5.69 Å². The number of rotatable bonds is 0. The average Bonchev–Trinajstić information content (AvgIpc) is 2.29. The highest BCUT2D eigenvalue weighted by Gasteiger charge is 2.18. The van der Waals surface area contributed by atoms with Gasteiger partial charge < -0.3 is 4.90 Å². The van der Waals surface area contributed by atoms with Crippen molar-refractivity contribution in [1.29, 1.82) is 0 Å². The zero-order chi connectivity index (χ0) is 11.1. The first kappa shape index (κ1) is 9.46. The normalized spacial score (nSPS) is 13.2. The van der Waals surface area contributed by atoms with E-state index in [1.807, 2.05) is 0 Å². The number of benzene rings is 2. The summed E-state index contributed by atoms with van der Waals surface area (Å²) in [7, 11) is 2.16. The molecule has 2 aromatic carbocycles. The first-order chi connectivity index (χ1) is 7.75. The number of hydrogen-bond acceptors (Lipinski definition) is 1. The molecule has 1 heteroatoms. The summed E-state index contributed by atoms with van der Waals surface area (Å²) in [5.74, 6) is 0. The van der Waals surface area contributed by atoms with Crippen molar-refractivity contribution in [2.75, 3.05) is 11.9 Å². The number of fused-ring (bicyclic) bond motifs is 3. The maximum Gasteiger partial charge on any atom is 0.0446 e. The Morgan fingerprint density at radius 2 is 1.81 bits per heavy atom. The molecule has 0 saturated carbocycles. The highest BCUT2D eigenvalue weighted by Crippen LogP contribution is 2.38. The predicted molar refractivity (Wildman–Crippen MR) is 68.7 cm³/mol. The Bertz CT molecular complexity index is 543. The van der Waals surface area contributed by atoms with E-state index < -0.39 is 0 Å². The summed E-state index contributed by atoms with van der Waals surface area (Å²) in [4.78, 5) is 2.32.